The number of hydrogen-bond donors (Lipinski definition) is 1. The van der Waals surface area contributed by atoms with Crippen LogP contribution in [0.4, 0.5) is 8.78 Å². The van der Waals surface area contributed by atoms with Crippen molar-refractivity contribution >= 4 is 5.91 Å². The van der Waals surface area contributed by atoms with Crippen LogP contribution < -0.4 is 5.73 Å². The van der Waals surface area contributed by atoms with Gasteiger partial charge in [-0.15, -0.1) is 0 Å². The summed E-state index contributed by atoms with van der Waals surface area (Å²) in [4.78, 5) is 13.8. The highest BCUT2D eigenvalue weighted by Crippen LogP contribution is 2.22. The molecule has 1 aliphatic rings. The lowest BCUT2D eigenvalue weighted by Crippen LogP contribution is -2.39. The molecule has 1 heterocycles. The highest BCUT2D eigenvalue weighted by Gasteiger charge is 2.24. The zero-order valence-electron chi connectivity index (χ0n) is 10.7. The molecule has 5 heteroatoms. The lowest BCUT2D eigenvalue weighted by atomic mass is 9.93. The Morgan fingerprint density at radius 1 is 1.32 bits per heavy atom. The van der Waals surface area contributed by atoms with Crippen LogP contribution in [0.25, 0.3) is 0 Å². The van der Waals surface area contributed by atoms with E-state index in [1.54, 1.807) is 4.90 Å². The van der Waals surface area contributed by atoms with E-state index in [9.17, 15) is 13.6 Å². The van der Waals surface area contributed by atoms with Crippen LogP contribution in [0.1, 0.15) is 29.6 Å². The molecule has 0 saturated carbocycles. The van der Waals surface area contributed by atoms with E-state index in [4.69, 9.17) is 5.73 Å². The lowest BCUT2D eigenvalue weighted by Gasteiger charge is -2.32. The molecule has 0 atom stereocenters. The van der Waals surface area contributed by atoms with Crippen molar-refractivity contribution in [3.8, 4) is 0 Å². The van der Waals surface area contributed by atoms with Gasteiger partial charge in [-0.25, -0.2) is 8.78 Å². The second-order valence-corrected chi connectivity index (χ2v) is 4.94. The van der Waals surface area contributed by atoms with Crippen LogP contribution in [0.15, 0.2) is 18.2 Å². The van der Waals surface area contributed by atoms with Crippen molar-refractivity contribution in [3.05, 3.63) is 35.4 Å². The third kappa shape index (κ3) is 3.29. The summed E-state index contributed by atoms with van der Waals surface area (Å²) >= 11 is 0. The number of amides is 1. The number of rotatable bonds is 3. The normalized spacial score (nSPS) is 16.7. The molecule has 0 spiro atoms. The van der Waals surface area contributed by atoms with Crippen molar-refractivity contribution in [1.82, 2.24) is 4.90 Å². The van der Waals surface area contributed by atoms with E-state index in [-0.39, 0.29) is 11.5 Å². The first-order valence-electron chi connectivity index (χ1n) is 6.56. The molecule has 3 nitrogen and oxygen atoms in total. The molecule has 1 saturated heterocycles. The van der Waals surface area contributed by atoms with Crippen molar-refractivity contribution in [3.63, 3.8) is 0 Å². The Balaban J connectivity index is 2.01. The first-order valence-corrected chi connectivity index (χ1v) is 6.56. The van der Waals surface area contributed by atoms with Gasteiger partial charge in [-0.2, -0.15) is 0 Å². The molecule has 0 aliphatic carbocycles. The Hall–Kier alpha value is -1.49. The highest BCUT2D eigenvalue weighted by molar-refractivity contribution is 5.94. The number of halogens is 2. The van der Waals surface area contributed by atoms with Crippen LogP contribution in [0.5, 0.6) is 0 Å². The van der Waals surface area contributed by atoms with E-state index < -0.39 is 11.6 Å². The Bertz CT molecular complexity index is 457. The zero-order chi connectivity index (χ0) is 13.8. The average Bonchev–Trinajstić information content (AvgIpc) is 2.39. The first kappa shape index (κ1) is 13.9. The largest absolute Gasteiger partial charge is 0.339 e. The van der Waals surface area contributed by atoms with Crippen LogP contribution in [-0.4, -0.2) is 30.4 Å². The Morgan fingerprint density at radius 2 is 2.00 bits per heavy atom. The average molecular weight is 268 g/mol. The number of piperidine rings is 1. The maximum Gasteiger partial charge on any atom is 0.256 e. The van der Waals surface area contributed by atoms with Gasteiger partial charge in [0.25, 0.3) is 5.91 Å². The molecule has 1 aromatic rings. The summed E-state index contributed by atoms with van der Waals surface area (Å²) in [5.74, 6) is -1.28. The van der Waals surface area contributed by atoms with Gasteiger partial charge in [0.05, 0.1) is 5.56 Å². The SMILES string of the molecule is NCCC1CCN(C(=O)c2ccc(F)cc2F)CC1. The maximum absolute atomic E-state index is 13.5. The molecule has 0 radical (unpaired) electrons. The van der Waals surface area contributed by atoms with Crippen LogP contribution in [0.3, 0.4) is 0 Å². The molecule has 19 heavy (non-hydrogen) atoms. The predicted molar refractivity (Wildman–Crippen MR) is 68.7 cm³/mol. The minimum Gasteiger partial charge on any atom is -0.339 e. The zero-order valence-corrected chi connectivity index (χ0v) is 10.7. The van der Waals surface area contributed by atoms with Gasteiger partial charge in [-0.1, -0.05) is 0 Å². The molecule has 0 bridgehead atoms. The fourth-order valence-corrected chi connectivity index (χ4v) is 2.49. The summed E-state index contributed by atoms with van der Waals surface area (Å²) < 4.78 is 26.4. The predicted octanol–water partition coefficient (Wildman–Crippen LogP) is 2.17. The second kappa shape index (κ2) is 6.10. The molecule has 1 fully saturated rings. The fourth-order valence-electron chi connectivity index (χ4n) is 2.49. The molecule has 1 aromatic carbocycles. The minimum absolute atomic E-state index is 0.0568. The number of benzene rings is 1. The molecule has 1 amide bonds. The molecule has 2 rings (SSSR count). The fraction of sp³-hybridized carbons (Fsp3) is 0.500. The highest BCUT2D eigenvalue weighted by atomic mass is 19.1. The molecule has 2 N–H and O–H groups in total. The number of hydrogen-bond acceptors (Lipinski definition) is 2. The van der Waals surface area contributed by atoms with Gasteiger partial charge in [-0.05, 0) is 43.9 Å². The molecule has 0 aromatic heterocycles. The van der Waals surface area contributed by atoms with E-state index >= 15 is 0 Å². The Labute approximate surface area is 111 Å². The smallest absolute Gasteiger partial charge is 0.256 e. The number of nitrogens with two attached hydrogens (primary N) is 1. The summed E-state index contributed by atoms with van der Waals surface area (Å²) in [6.45, 7) is 1.88. The number of nitrogens with zero attached hydrogens (tertiary/aromatic N) is 1. The van der Waals surface area contributed by atoms with Crippen LogP contribution in [-0.2, 0) is 0 Å². The van der Waals surface area contributed by atoms with Gasteiger partial charge >= 0.3 is 0 Å². The quantitative estimate of drug-likeness (QED) is 0.913. The number of likely N-dealkylation sites (tertiary alicyclic amines) is 1. The van der Waals surface area contributed by atoms with Gasteiger partial charge in [0, 0.05) is 19.2 Å². The standard InChI is InChI=1S/C14H18F2N2O/c15-11-1-2-12(13(16)9-11)14(19)18-7-4-10(3-6-17)5-8-18/h1-2,9-10H,3-8,17H2. The minimum atomic E-state index is -0.797. The summed E-state index contributed by atoms with van der Waals surface area (Å²) in [6, 6.07) is 3.06. The summed E-state index contributed by atoms with van der Waals surface area (Å²) in [7, 11) is 0. The second-order valence-electron chi connectivity index (χ2n) is 4.94. The molecule has 104 valence electrons. The van der Waals surface area contributed by atoms with Crippen molar-refractivity contribution < 1.29 is 13.6 Å². The summed E-state index contributed by atoms with van der Waals surface area (Å²) in [6.07, 6.45) is 2.75. The number of carbonyl (C=O) groups is 1. The Kier molecular flexibility index (Phi) is 4.47. The lowest BCUT2D eigenvalue weighted by molar-refractivity contribution is 0.0683. The van der Waals surface area contributed by atoms with Crippen LogP contribution in [0, 0.1) is 17.6 Å². The molecular formula is C14H18F2N2O. The molecule has 1 aliphatic heterocycles. The molecular weight excluding hydrogens is 250 g/mol. The van der Waals surface area contributed by atoms with Crippen LogP contribution >= 0.6 is 0 Å². The topological polar surface area (TPSA) is 46.3 Å². The first-order chi connectivity index (χ1) is 9.11. The Morgan fingerprint density at radius 3 is 2.58 bits per heavy atom. The van der Waals surface area contributed by atoms with Crippen molar-refractivity contribution in [2.45, 2.75) is 19.3 Å². The molecule has 0 unspecified atom stereocenters. The van der Waals surface area contributed by atoms with Gasteiger partial charge in [0.15, 0.2) is 0 Å². The van der Waals surface area contributed by atoms with E-state index in [0.29, 0.717) is 25.6 Å². The van der Waals surface area contributed by atoms with Gasteiger partial charge in [0.2, 0.25) is 0 Å². The monoisotopic (exact) mass is 268 g/mol. The van der Waals surface area contributed by atoms with E-state index in [1.165, 1.54) is 6.07 Å². The van der Waals surface area contributed by atoms with Crippen molar-refractivity contribution in [2.75, 3.05) is 19.6 Å². The summed E-state index contributed by atoms with van der Waals surface area (Å²) in [5, 5.41) is 0. The van der Waals surface area contributed by atoms with Gasteiger partial charge in [-0.3, -0.25) is 4.79 Å². The van der Waals surface area contributed by atoms with E-state index in [0.717, 1.165) is 31.4 Å². The van der Waals surface area contributed by atoms with Gasteiger partial charge < -0.3 is 10.6 Å². The van der Waals surface area contributed by atoms with Gasteiger partial charge in [0.1, 0.15) is 11.6 Å². The maximum atomic E-state index is 13.5. The third-order valence-corrected chi connectivity index (χ3v) is 3.64. The van der Waals surface area contributed by atoms with Crippen LogP contribution in [0.2, 0.25) is 0 Å². The van der Waals surface area contributed by atoms with Crippen molar-refractivity contribution in [1.29, 1.82) is 0 Å². The third-order valence-electron chi connectivity index (χ3n) is 3.64. The van der Waals surface area contributed by atoms with E-state index in [1.807, 2.05) is 0 Å². The number of carbonyl (C=O) groups excluding carboxylic acids is 1. The van der Waals surface area contributed by atoms with E-state index in [2.05, 4.69) is 0 Å². The van der Waals surface area contributed by atoms with Crippen molar-refractivity contribution in [2.24, 2.45) is 11.7 Å². The summed E-state index contributed by atoms with van der Waals surface area (Å²) in [5.41, 5.74) is 5.46.